The van der Waals surface area contributed by atoms with Crippen LogP contribution < -0.4 is 15.4 Å². The molecule has 2 unspecified atom stereocenters. The number of nitrogens with zero attached hydrogens (tertiary/aromatic N) is 1. The minimum absolute atomic E-state index is 0.186. The molecule has 0 bridgehead atoms. The van der Waals surface area contributed by atoms with Gasteiger partial charge < -0.3 is 15.4 Å². The van der Waals surface area contributed by atoms with Gasteiger partial charge in [-0.3, -0.25) is 0 Å². The molecule has 4 heteroatoms. The van der Waals surface area contributed by atoms with E-state index in [-0.39, 0.29) is 6.04 Å². The quantitative estimate of drug-likeness (QED) is 0.730. The summed E-state index contributed by atoms with van der Waals surface area (Å²) in [6.07, 6.45) is 1.90. The molecule has 0 saturated carbocycles. The number of nitrogens with one attached hydrogen (secondary N) is 2. The lowest BCUT2D eigenvalue weighted by Crippen LogP contribution is -2.20. The van der Waals surface area contributed by atoms with Crippen molar-refractivity contribution in [3.8, 4) is 16.9 Å². The summed E-state index contributed by atoms with van der Waals surface area (Å²) in [5.41, 5.74) is 6.27. The Labute approximate surface area is 146 Å². The summed E-state index contributed by atoms with van der Waals surface area (Å²) in [6, 6.07) is 19.2. The standard InChI is InChI=1S/C21H19N3O/c1-25-14-8-6-13(7-9-14)20-17-12-23-21-19(17)16(10-11-22-21)15-4-2-3-5-18(15)24-20/h2-11,17,20,24H,12H2,1H3,(H,22,23). The Morgan fingerprint density at radius 2 is 1.84 bits per heavy atom. The minimum atomic E-state index is 0.186. The fourth-order valence-electron chi connectivity index (χ4n) is 4.06. The first-order valence-corrected chi connectivity index (χ1v) is 8.58. The van der Waals surface area contributed by atoms with Crippen molar-refractivity contribution < 1.29 is 4.74 Å². The van der Waals surface area contributed by atoms with Gasteiger partial charge in [0.1, 0.15) is 11.6 Å². The minimum Gasteiger partial charge on any atom is -0.497 e. The van der Waals surface area contributed by atoms with Crippen LogP contribution in [0.15, 0.2) is 60.8 Å². The molecular formula is C21H19N3O. The molecule has 2 aliphatic rings. The van der Waals surface area contributed by atoms with Gasteiger partial charge in [-0.25, -0.2) is 4.98 Å². The van der Waals surface area contributed by atoms with E-state index in [0.717, 1.165) is 18.1 Å². The highest BCUT2D eigenvalue weighted by Crippen LogP contribution is 2.49. The molecule has 0 fully saturated rings. The summed E-state index contributed by atoms with van der Waals surface area (Å²) >= 11 is 0. The molecule has 1 aromatic heterocycles. The van der Waals surface area contributed by atoms with E-state index in [2.05, 4.69) is 58.1 Å². The molecule has 0 aliphatic carbocycles. The van der Waals surface area contributed by atoms with Crippen LogP contribution in [-0.4, -0.2) is 18.6 Å². The van der Waals surface area contributed by atoms with Crippen LogP contribution in [0.1, 0.15) is 23.1 Å². The van der Waals surface area contributed by atoms with Crippen molar-refractivity contribution >= 4 is 11.5 Å². The molecule has 25 heavy (non-hydrogen) atoms. The van der Waals surface area contributed by atoms with E-state index >= 15 is 0 Å². The summed E-state index contributed by atoms with van der Waals surface area (Å²) < 4.78 is 5.31. The van der Waals surface area contributed by atoms with E-state index in [9.17, 15) is 0 Å². The molecule has 2 atom stereocenters. The molecule has 2 N–H and O–H groups in total. The summed E-state index contributed by atoms with van der Waals surface area (Å²) in [7, 11) is 1.70. The normalized spacial score (nSPS) is 19.9. The predicted octanol–water partition coefficient (Wildman–Crippen LogP) is 4.43. The van der Waals surface area contributed by atoms with Crippen LogP contribution in [-0.2, 0) is 0 Å². The third-order valence-electron chi connectivity index (χ3n) is 5.26. The molecule has 2 aromatic carbocycles. The molecule has 124 valence electrons. The number of fused-ring (bicyclic) bond motifs is 2. The average Bonchev–Trinajstić information content (AvgIpc) is 3.04. The monoisotopic (exact) mass is 329 g/mol. The summed E-state index contributed by atoms with van der Waals surface area (Å²) in [5, 5.41) is 7.27. The van der Waals surface area contributed by atoms with Crippen LogP contribution >= 0.6 is 0 Å². The Morgan fingerprint density at radius 1 is 1.00 bits per heavy atom. The van der Waals surface area contributed by atoms with E-state index < -0.39 is 0 Å². The molecule has 0 amide bonds. The van der Waals surface area contributed by atoms with Gasteiger partial charge in [0.05, 0.1) is 13.2 Å². The molecule has 5 rings (SSSR count). The van der Waals surface area contributed by atoms with E-state index in [1.54, 1.807) is 7.11 Å². The number of pyridine rings is 1. The van der Waals surface area contributed by atoms with E-state index in [1.807, 2.05) is 18.3 Å². The Kier molecular flexibility index (Phi) is 3.17. The van der Waals surface area contributed by atoms with Gasteiger partial charge in [0, 0.05) is 35.5 Å². The van der Waals surface area contributed by atoms with Crippen LogP contribution in [0.3, 0.4) is 0 Å². The number of methoxy groups -OCH3 is 1. The fourth-order valence-corrected chi connectivity index (χ4v) is 4.06. The number of para-hydroxylation sites is 1. The van der Waals surface area contributed by atoms with Crippen molar-refractivity contribution in [3.05, 3.63) is 71.9 Å². The maximum Gasteiger partial charge on any atom is 0.130 e. The van der Waals surface area contributed by atoms with E-state index in [1.165, 1.54) is 27.9 Å². The molecular weight excluding hydrogens is 310 g/mol. The zero-order chi connectivity index (χ0) is 16.8. The number of rotatable bonds is 2. The summed E-state index contributed by atoms with van der Waals surface area (Å²) in [6.45, 7) is 0.886. The number of hydrogen-bond acceptors (Lipinski definition) is 4. The van der Waals surface area contributed by atoms with E-state index in [4.69, 9.17) is 4.74 Å². The Morgan fingerprint density at radius 3 is 2.68 bits per heavy atom. The molecule has 0 radical (unpaired) electrons. The highest BCUT2D eigenvalue weighted by molar-refractivity contribution is 5.85. The van der Waals surface area contributed by atoms with Crippen LogP contribution in [0.25, 0.3) is 11.1 Å². The van der Waals surface area contributed by atoms with Crippen LogP contribution in [0.4, 0.5) is 11.5 Å². The third-order valence-corrected chi connectivity index (χ3v) is 5.26. The molecule has 4 nitrogen and oxygen atoms in total. The van der Waals surface area contributed by atoms with Crippen molar-refractivity contribution in [3.63, 3.8) is 0 Å². The van der Waals surface area contributed by atoms with Crippen LogP contribution in [0.5, 0.6) is 5.75 Å². The summed E-state index contributed by atoms with van der Waals surface area (Å²) in [5.74, 6) is 2.23. The lowest BCUT2D eigenvalue weighted by molar-refractivity contribution is 0.414. The highest BCUT2D eigenvalue weighted by atomic mass is 16.5. The van der Waals surface area contributed by atoms with Gasteiger partial charge in [0.25, 0.3) is 0 Å². The number of anilines is 2. The van der Waals surface area contributed by atoms with Gasteiger partial charge >= 0.3 is 0 Å². The lowest BCUT2D eigenvalue weighted by Gasteiger charge is -2.25. The lowest BCUT2D eigenvalue weighted by atomic mass is 9.87. The number of benzene rings is 2. The maximum atomic E-state index is 5.31. The smallest absolute Gasteiger partial charge is 0.130 e. The van der Waals surface area contributed by atoms with Gasteiger partial charge in [-0.2, -0.15) is 0 Å². The van der Waals surface area contributed by atoms with Crippen molar-refractivity contribution in [2.45, 2.75) is 12.0 Å². The second-order valence-electron chi connectivity index (χ2n) is 6.55. The first-order valence-electron chi connectivity index (χ1n) is 8.58. The largest absolute Gasteiger partial charge is 0.497 e. The first kappa shape index (κ1) is 14.3. The summed E-state index contributed by atoms with van der Waals surface area (Å²) in [4.78, 5) is 4.56. The van der Waals surface area contributed by atoms with Gasteiger partial charge in [-0.1, -0.05) is 30.3 Å². The Balaban J connectivity index is 1.70. The van der Waals surface area contributed by atoms with Gasteiger partial charge in [-0.15, -0.1) is 0 Å². The zero-order valence-electron chi connectivity index (χ0n) is 14.0. The molecule has 3 aromatic rings. The molecule has 3 heterocycles. The number of hydrogen-bond donors (Lipinski definition) is 2. The Hall–Kier alpha value is -3.01. The van der Waals surface area contributed by atoms with Crippen LogP contribution in [0, 0.1) is 0 Å². The zero-order valence-corrected chi connectivity index (χ0v) is 14.0. The second-order valence-corrected chi connectivity index (χ2v) is 6.55. The van der Waals surface area contributed by atoms with Crippen molar-refractivity contribution in [2.24, 2.45) is 0 Å². The van der Waals surface area contributed by atoms with E-state index in [0.29, 0.717) is 5.92 Å². The highest BCUT2D eigenvalue weighted by Gasteiger charge is 2.36. The third kappa shape index (κ3) is 2.18. The van der Waals surface area contributed by atoms with Crippen molar-refractivity contribution in [1.29, 1.82) is 0 Å². The maximum absolute atomic E-state index is 5.31. The molecule has 2 aliphatic heterocycles. The molecule has 0 saturated heterocycles. The SMILES string of the molecule is COc1ccc(C2Nc3ccccc3-c3ccnc4c3C2CN4)cc1. The number of aromatic nitrogens is 1. The van der Waals surface area contributed by atoms with Crippen molar-refractivity contribution in [1.82, 2.24) is 4.98 Å². The van der Waals surface area contributed by atoms with Gasteiger partial charge in [-0.05, 0) is 35.4 Å². The second kappa shape index (κ2) is 5.52. The van der Waals surface area contributed by atoms with Crippen molar-refractivity contribution in [2.75, 3.05) is 24.3 Å². The number of ether oxygens (including phenoxy) is 1. The molecule has 0 spiro atoms. The van der Waals surface area contributed by atoms with Gasteiger partial charge in [0.15, 0.2) is 0 Å². The Bertz CT molecular complexity index is 936. The average molecular weight is 329 g/mol. The van der Waals surface area contributed by atoms with Crippen LogP contribution in [0.2, 0.25) is 0 Å². The fraction of sp³-hybridized carbons (Fsp3) is 0.190. The van der Waals surface area contributed by atoms with Gasteiger partial charge in [0.2, 0.25) is 0 Å². The first-order chi connectivity index (χ1) is 12.3. The topological polar surface area (TPSA) is 46.2 Å². The predicted molar refractivity (Wildman–Crippen MR) is 100 cm³/mol.